The Morgan fingerprint density at radius 1 is 1.11 bits per heavy atom. The Bertz CT molecular complexity index is 500. The minimum atomic E-state index is -0.110. The number of carbonyl (C=O) groups is 1. The van der Waals surface area contributed by atoms with Crippen molar-refractivity contribution in [3.8, 4) is 11.5 Å². The summed E-state index contributed by atoms with van der Waals surface area (Å²) in [7, 11) is 0. The number of fused-ring (bicyclic) bond motifs is 1. The van der Waals surface area contributed by atoms with Crippen LogP contribution in [0.4, 0.5) is 0 Å². The molecule has 1 aromatic carbocycles. The van der Waals surface area contributed by atoms with Crippen LogP contribution in [-0.4, -0.2) is 33.5 Å². The van der Waals surface area contributed by atoms with Crippen LogP contribution in [0.1, 0.15) is 43.7 Å². The lowest BCUT2D eigenvalue weighted by atomic mass is 9.85. The van der Waals surface area contributed by atoms with Crippen molar-refractivity contribution in [2.24, 2.45) is 0 Å². The summed E-state index contributed by atoms with van der Waals surface area (Å²) in [6.45, 7) is 1.02. The Balaban J connectivity index is 1.92. The third-order valence-electron chi connectivity index (χ3n) is 4.34. The molecule has 0 radical (unpaired) electrons. The zero-order chi connectivity index (χ0) is 13.4. The van der Waals surface area contributed by atoms with Crippen molar-refractivity contribution in [1.82, 2.24) is 4.90 Å². The van der Waals surface area contributed by atoms with Gasteiger partial charge in [0.05, 0.1) is 0 Å². The molecule has 0 aliphatic carbocycles. The van der Waals surface area contributed by atoms with Gasteiger partial charge in [-0.25, -0.2) is 0 Å². The molecule has 2 N–H and O–H groups in total. The van der Waals surface area contributed by atoms with Crippen molar-refractivity contribution in [1.29, 1.82) is 0 Å². The third kappa shape index (κ3) is 2.32. The monoisotopic (exact) mass is 261 g/mol. The molecule has 4 heteroatoms. The van der Waals surface area contributed by atoms with Gasteiger partial charge in [-0.3, -0.25) is 9.69 Å². The predicted molar refractivity (Wildman–Crippen MR) is 71.1 cm³/mol. The van der Waals surface area contributed by atoms with Crippen molar-refractivity contribution in [2.75, 3.05) is 6.54 Å². The molecule has 0 amide bonds. The molecule has 2 atom stereocenters. The highest BCUT2D eigenvalue weighted by molar-refractivity contribution is 5.80. The highest BCUT2D eigenvalue weighted by atomic mass is 16.3. The summed E-state index contributed by atoms with van der Waals surface area (Å²) in [4.78, 5) is 14.3. The number of Topliss-reactive ketones (excluding diaryl/α,β-unsaturated/α-hetero) is 1. The van der Waals surface area contributed by atoms with E-state index < -0.39 is 0 Å². The molecule has 2 aliphatic heterocycles. The van der Waals surface area contributed by atoms with Crippen LogP contribution in [0.3, 0.4) is 0 Å². The maximum atomic E-state index is 11.9. The van der Waals surface area contributed by atoms with E-state index >= 15 is 0 Å². The predicted octanol–water partition coefficient (Wildman–Crippen LogP) is 2.36. The number of benzene rings is 1. The molecule has 0 spiro atoms. The summed E-state index contributed by atoms with van der Waals surface area (Å²) >= 11 is 0. The minimum absolute atomic E-state index is 0.0537. The summed E-state index contributed by atoms with van der Waals surface area (Å²) in [5.74, 6) is 0.0888. The first-order valence-electron chi connectivity index (χ1n) is 6.94. The average molecular weight is 261 g/mol. The smallest absolute Gasteiger partial charge is 0.157 e. The van der Waals surface area contributed by atoms with Gasteiger partial charge in [0.25, 0.3) is 0 Å². The number of ketones is 1. The van der Waals surface area contributed by atoms with Crippen LogP contribution >= 0.6 is 0 Å². The zero-order valence-corrected chi connectivity index (χ0v) is 10.9. The maximum Gasteiger partial charge on any atom is 0.157 e. The highest BCUT2D eigenvalue weighted by Gasteiger charge is 2.36. The number of rotatable bonds is 1. The largest absolute Gasteiger partial charge is 0.504 e. The van der Waals surface area contributed by atoms with Gasteiger partial charge < -0.3 is 10.2 Å². The molecule has 2 aliphatic rings. The number of phenols is 2. The van der Waals surface area contributed by atoms with Gasteiger partial charge in [0.15, 0.2) is 11.5 Å². The lowest BCUT2D eigenvalue weighted by Crippen LogP contribution is -2.47. The highest BCUT2D eigenvalue weighted by Crippen LogP contribution is 2.39. The molecule has 4 nitrogen and oxygen atoms in total. The molecule has 0 bridgehead atoms. The third-order valence-corrected chi connectivity index (χ3v) is 4.34. The van der Waals surface area contributed by atoms with Gasteiger partial charge in [0, 0.05) is 24.9 Å². The van der Waals surface area contributed by atoms with Crippen molar-refractivity contribution >= 4 is 5.78 Å². The van der Waals surface area contributed by atoms with Crippen molar-refractivity contribution in [2.45, 2.75) is 44.2 Å². The molecule has 1 aromatic rings. The van der Waals surface area contributed by atoms with Crippen LogP contribution < -0.4 is 0 Å². The number of carbonyl (C=O) groups excluding carboxylic acids is 1. The van der Waals surface area contributed by atoms with Gasteiger partial charge >= 0.3 is 0 Å². The van der Waals surface area contributed by atoms with Crippen LogP contribution in [-0.2, 0) is 4.79 Å². The standard InChI is InChI=1S/C15H19NO3/c17-12-8-11-3-1-2-6-16(11)13(9-12)10-4-5-14(18)15(19)7-10/h4-5,7,11,13,18-19H,1-3,6,8-9H2/t11-,13-/m0/s1. The number of piperidine rings is 2. The summed E-state index contributed by atoms with van der Waals surface area (Å²) in [5.41, 5.74) is 0.926. The van der Waals surface area contributed by atoms with Gasteiger partial charge in [-0.05, 0) is 37.1 Å². The van der Waals surface area contributed by atoms with Gasteiger partial charge in [-0.2, -0.15) is 0 Å². The van der Waals surface area contributed by atoms with E-state index in [0.29, 0.717) is 24.7 Å². The first-order valence-corrected chi connectivity index (χ1v) is 6.94. The molecule has 0 saturated carbocycles. The fraction of sp³-hybridized carbons (Fsp3) is 0.533. The van der Waals surface area contributed by atoms with E-state index in [0.717, 1.165) is 18.5 Å². The fourth-order valence-electron chi connectivity index (χ4n) is 3.39. The van der Waals surface area contributed by atoms with Gasteiger partial charge in [-0.1, -0.05) is 12.5 Å². The molecule has 102 valence electrons. The van der Waals surface area contributed by atoms with Crippen molar-refractivity contribution in [3.63, 3.8) is 0 Å². The van der Waals surface area contributed by atoms with Crippen LogP contribution in [0.2, 0.25) is 0 Å². The minimum Gasteiger partial charge on any atom is -0.504 e. The first-order chi connectivity index (χ1) is 9.15. The number of hydrogen-bond donors (Lipinski definition) is 2. The van der Waals surface area contributed by atoms with E-state index in [1.807, 2.05) is 6.07 Å². The summed E-state index contributed by atoms with van der Waals surface area (Å²) in [6.07, 6.45) is 4.64. The van der Waals surface area contributed by atoms with Gasteiger partial charge in [0.2, 0.25) is 0 Å². The summed E-state index contributed by atoms with van der Waals surface area (Å²) in [5, 5.41) is 19.0. The van der Waals surface area contributed by atoms with E-state index in [4.69, 9.17) is 0 Å². The van der Waals surface area contributed by atoms with Gasteiger partial charge in [0.1, 0.15) is 5.78 Å². The van der Waals surface area contributed by atoms with Crippen molar-refractivity contribution in [3.05, 3.63) is 23.8 Å². The molecule has 2 heterocycles. The molecule has 3 rings (SSSR count). The molecule has 19 heavy (non-hydrogen) atoms. The van der Waals surface area contributed by atoms with Crippen LogP contribution in [0.5, 0.6) is 11.5 Å². The van der Waals surface area contributed by atoms with Crippen LogP contribution in [0, 0.1) is 0 Å². The quantitative estimate of drug-likeness (QED) is 0.762. The summed E-state index contributed by atoms with van der Waals surface area (Å²) < 4.78 is 0. The average Bonchev–Trinajstić information content (AvgIpc) is 2.41. The lowest BCUT2D eigenvalue weighted by Gasteiger charge is -2.44. The van der Waals surface area contributed by atoms with E-state index in [-0.39, 0.29) is 17.5 Å². The molecule has 2 saturated heterocycles. The molecular formula is C15H19NO3. The molecule has 0 unspecified atom stereocenters. The molecule has 0 aromatic heterocycles. The summed E-state index contributed by atoms with van der Waals surface area (Å²) in [6, 6.07) is 5.31. The number of nitrogens with zero attached hydrogens (tertiary/aromatic N) is 1. The van der Waals surface area contributed by atoms with Crippen LogP contribution in [0.25, 0.3) is 0 Å². The fourth-order valence-corrected chi connectivity index (χ4v) is 3.39. The van der Waals surface area contributed by atoms with E-state index in [2.05, 4.69) is 4.90 Å². The number of aromatic hydroxyl groups is 2. The van der Waals surface area contributed by atoms with E-state index in [1.165, 1.54) is 18.9 Å². The second-order valence-corrected chi connectivity index (χ2v) is 5.60. The first kappa shape index (κ1) is 12.5. The van der Waals surface area contributed by atoms with Crippen LogP contribution in [0.15, 0.2) is 18.2 Å². The maximum absolute atomic E-state index is 11.9. The topological polar surface area (TPSA) is 60.8 Å². The normalized spacial score (nSPS) is 28.1. The lowest BCUT2D eigenvalue weighted by molar-refractivity contribution is -0.126. The van der Waals surface area contributed by atoms with Gasteiger partial charge in [-0.15, -0.1) is 0 Å². The Morgan fingerprint density at radius 3 is 2.74 bits per heavy atom. The second kappa shape index (κ2) is 4.85. The SMILES string of the molecule is O=C1C[C@@H]2CCCCN2[C@H](c2ccc(O)c(O)c2)C1. The number of phenolic OH excluding ortho intramolecular Hbond substituents is 2. The zero-order valence-electron chi connectivity index (χ0n) is 10.9. The van der Waals surface area contributed by atoms with E-state index in [9.17, 15) is 15.0 Å². The van der Waals surface area contributed by atoms with E-state index in [1.54, 1.807) is 6.07 Å². The Kier molecular flexibility index (Phi) is 3.19. The Hall–Kier alpha value is -1.55. The second-order valence-electron chi connectivity index (χ2n) is 5.60. The molecular weight excluding hydrogens is 242 g/mol. The molecule has 2 fully saturated rings. The van der Waals surface area contributed by atoms with Crippen molar-refractivity contribution < 1.29 is 15.0 Å². The number of hydrogen-bond acceptors (Lipinski definition) is 4. The Labute approximate surface area is 112 Å². The Morgan fingerprint density at radius 2 is 1.95 bits per heavy atom.